The molecule has 2 heterocycles. The van der Waals surface area contributed by atoms with Crippen molar-refractivity contribution in [2.75, 3.05) is 5.75 Å². The molecule has 0 saturated carbocycles. The molecule has 0 bridgehead atoms. The van der Waals surface area contributed by atoms with Gasteiger partial charge in [0.25, 0.3) is 0 Å². The third-order valence-corrected chi connectivity index (χ3v) is 4.64. The fourth-order valence-corrected chi connectivity index (χ4v) is 3.88. The van der Waals surface area contributed by atoms with Crippen LogP contribution in [-0.2, 0) is 4.79 Å². The van der Waals surface area contributed by atoms with Gasteiger partial charge in [0.15, 0.2) is 0 Å². The van der Waals surface area contributed by atoms with Crippen molar-refractivity contribution in [3.63, 3.8) is 0 Å². The number of thioether (sulfide) groups is 1. The molecule has 0 aliphatic carbocycles. The van der Waals surface area contributed by atoms with Gasteiger partial charge in [0.2, 0.25) is 5.91 Å². The van der Waals surface area contributed by atoms with E-state index in [4.69, 9.17) is 0 Å². The zero-order chi connectivity index (χ0) is 8.77. The molecule has 2 saturated heterocycles. The molecular weight excluding hydrogens is 170 g/mol. The lowest BCUT2D eigenvalue weighted by atomic mass is 9.79. The summed E-state index contributed by atoms with van der Waals surface area (Å²) in [5.41, 5.74) is 0.293. The summed E-state index contributed by atoms with van der Waals surface area (Å²) in [7, 11) is 0. The second-order valence-electron chi connectivity index (χ2n) is 4.15. The summed E-state index contributed by atoms with van der Waals surface area (Å²) in [6, 6.07) is 0.391. The first-order chi connectivity index (χ1) is 5.62. The Morgan fingerprint density at radius 3 is 2.75 bits per heavy atom. The Labute approximate surface area is 77.5 Å². The van der Waals surface area contributed by atoms with Crippen molar-refractivity contribution in [1.29, 1.82) is 0 Å². The summed E-state index contributed by atoms with van der Waals surface area (Å²) >= 11 is 2.01. The Balaban J connectivity index is 2.16. The van der Waals surface area contributed by atoms with E-state index in [0.29, 0.717) is 11.5 Å². The van der Waals surface area contributed by atoms with E-state index in [1.54, 1.807) is 0 Å². The minimum absolute atomic E-state index is 0.247. The zero-order valence-corrected chi connectivity index (χ0v) is 8.41. The highest BCUT2D eigenvalue weighted by molar-refractivity contribution is 8.00. The summed E-state index contributed by atoms with van der Waals surface area (Å²) in [6.45, 7) is 4.40. The van der Waals surface area contributed by atoms with Crippen molar-refractivity contribution in [2.45, 2.75) is 38.0 Å². The lowest BCUT2D eigenvalue weighted by Gasteiger charge is -2.25. The van der Waals surface area contributed by atoms with Crippen LogP contribution >= 0.6 is 11.8 Å². The molecule has 0 aromatic heterocycles. The third-order valence-electron chi connectivity index (χ3n) is 3.16. The van der Waals surface area contributed by atoms with Crippen LogP contribution in [0.25, 0.3) is 0 Å². The zero-order valence-electron chi connectivity index (χ0n) is 7.59. The van der Waals surface area contributed by atoms with Crippen LogP contribution in [0.2, 0.25) is 0 Å². The number of hydrogen-bond acceptors (Lipinski definition) is 2. The van der Waals surface area contributed by atoms with Crippen LogP contribution < -0.4 is 5.32 Å². The summed E-state index contributed by atoms with van der Waals surface area (Å²) < 4.78 is 0. The van der Waals surface area contributed by atoms with Crippen molar-refractivity contribution in [3.05, 3.63) is 0 Å². The van der Waals surface area contributed by atoms with Crippen LogP contribution in [0.3, 0.4) is 0 Å². The number of carbonyl (C=O) groups excluding carboxylic acids is 1. The second kappa shape index (κ2) is 2.66. The molecule has 0 radical (unpaired) electrons. The van der Waals surface area contributed by atoms with Gasteiger partial charge in [-0.15, -0.1) is 0 Å². The Bertz CT molecular complexity index is 219. The van der Waals surface area contributed by atoms with Crippen LogP contribution in [0.4, 0.5) is 0 Å². The smallest absolute Gasteiger partial charge is 0.220 e. The molecule has 1 N–H and O–H groups in total. The maximum Gasteiger partial charge on any atom is 0.220 e. The molecular formula is C9H15NOS. The van der Waals surface area contributed by atoms with E-state index in [2.05, 4.69) is 19.2 Å². The highest BCUT2D eigenvalue weighted by atomic mass is 32.2. The molecule has 0 aromatic rings. The molecule has 2 fully saturated rings. The lowest BCUT2D eigenvalue weighted by molar-refractivity contribution is -0.119. The first-order valence-corrected chi connectivity index (χ1v) is 5.58. The largest absolute Gasteiger partial charge is 0.353 e. The predicted octanol–water partition coefficient (Wildman–Crippen LogP) is 1.41. The maximum absolute atomic E-state index is 11.2. The number of carbonyl (C=O) groups is 1. The van der Waals surface area contributed by atoms with Gasteiger partial charge in [-0.25, -0.2) is 0 Å². The summed E-state index contributed by atoms with van der Waals surface area (Å²) in [4.78, 5) is 11.2. The molecule has 2 nitrogen and oxygen atoms in total. The van der Waals surface area contributed by atoms with Crippen LogP contribution in [0, 0.1) is 5.41 Å². The van der Waals surface area contributed by atoms with Crippen LogP contribution in [0.5, 0.6) is 0 Å². The molecule has 3 unspecified atom stereocenters. The first kappa shape index (κ1) is 8.42. The SMILES string of the molecule is CC1CC2(CS1)CC(=O)NC2C. The summed E-state index contributed by atoms with van der Waals surface area (Å²) in [6.07, 6.45) is 1.96. The van der Waals surface area contributed by atoms with E-state index < -0.39 is 0 Å². The van der Waals surface area contributed by atoms with Crippen molar-refractivity contribution in [2.24, 2.45) is 5.41 Å². The predicted molar refractivity (Wildman–Crippen MR) is 51.2 cm³/mol. The first-order valence-electron chi connectivity index (χ1n) is 4.53. The molecule has 2 aliphatic rings. The Hall–Kier alpha value is -0.180. The normalized spacial score (nSPS) is 47.0. The number of amides is 1. The Morgan fingerprint density at radius 2 is 2.33 bits per heavy atom. The van der Waals surface area contributed by atoms with Crippen molar-refractivity contribution >= 4 is 17.7 Å². The average molecular weight is 185 g/mol. The molecule has 2 aliphatic heterocycles. The minimum atomic E-state index is 0.247. The number of rotatable bonds is 0. The van der Waals surface area contributed by atoms with Crippen molar-refractivity contribution in [3.8, 4) is 0 Å². The van der Waals surface area contributed by atoms with Gasteiger partial charge in [-0.2, -0.15) is 11.8 Å². The number of nitrogens with one attached hydrogen (secondary N) is 1. The fraction of sp³-hybridized carbons (Fsp3) is 0.889. The van der Waals surface area contributed by atoms with E-state index in [1.807, 2.05) is 11.8 Å². The van der Waals surface area contributed by atoms with Gasteiger partial charge in [-0.3, -0.25) is 4.79 Å². The number of hydrogen-bond donors (Lipinski definition) is 1. The molecule has 3 heteroatoms. The van der Waals surface area contributed by atoms with Gasteiger partial charge >= 0.3 is 0 Å². The Morgan fingerprint density at radius 1 is 1.58 bits per heavy atom. The highest BCUT2D eigenvalue weighted by Crippen LogP contribution is 2.48. The van der Waals surface area contributed by atoms with Crippen molar-refractivity contribution < 1.29 is 4.79 Å². The molecule has 1 spiro atoms. The minimum Gasteiger partial charge on any atom is -0.353 e. The van der Waals surface area contributed by atoms with Gasteiger partial charge in [0.1, 0.15) is 0 Å². The van der Waals surface area contributed by atoms with Gasteiger partial charge in [-0.05, 0) is 13.3 Å². The van der Waals surface area contributed by atoms with E-state index in [-0.39, 0.29) is 5.91 Å². The summed E-state index contributed by atoms with van der Waals surface area (Å²) in [5.74, 6) is 1.41. The molecule has 0 aromatic carbocycles. The topological polar surface area (TPSA) is 29.1 Å². The van der Waals surface area contributed by atoms with Crippen LogP contribution in [-0.4, -0.2) is 23.0 Å². The van der Waals surface area contributed by atoms with Crippen molar-refractivity contribution in [1.82, 2.24) is 5.32 Å². The van der Waals surface area contributed by atoms with Gasteiger partial charge in [-0.1, -0.05) is 6.92 Å². The van der Waals surface area contributed by atoms with E-state index in [0.717, 1.165) is 17.4 Å². The molecule has 12 heavy (non-hydrogen) atoms. The van der Waals surface area contributed by atoms with Gasteiger partial charge < -0.3 is 5.32 Å². The molecule has 3 atom stereocenters. The van der Waals surface area contributed by atoms with E-state index in [1.165, 1.54) is 6.42 Å². The van der Waals surface area contributed by atoms with Crippen LogP contribution in [0.15, 0.2) is 0 Å². The molecule has 1 amide bonds. The lowest BCUT2D eigenvalue weighted by Crippen LogP contribution is -2.34. The molecule has 68 valence electrons. The third kappa shape index (κ3) is 1.15. The highest BCUT2D eigenvalue weighted by Gasteiger charge is 2.48. The quantitative estimate of drug-likeness (QED) is 0.618. The second-order valence-corrected chi connectivity index (χ2v) is 5.58. The van der Waals surface area contributed by atoms with Gasteiger partial charge in [0, 0.05) is 28.9 Å². The van der Waals surface area contributed by atoms with Crippen LogP contribution in [0.1, 0.15) is 26.7 Å². The average Bonchev–Trinajstić information content (AvgIpc) is 2.43. The Kier molecular flexibility index (Phi) is 1.86. The molecule has 2 rings (SSSR count). The monoisotopic (exact) mass is 185 g/mol. The van der Waals surface area contributed by atoms with Gasteiger partial charge in [0.05, 0.1) is 0 Å². The standard InChI is InChI=1S/C9H15NOS/c1-6-3-9(5-12-6)4-8(11)10-7(9)2/h6-7H,3-5H2,1-2H3,(H,10,11). The summed E-state index contributed by atoms with van der Waals surface area (Å²) in [5, 5.41) is 3.75. The fourth-order valence-electron chi connectivity index (χ4n) is 2.34. The van der Waals surface area contributed by atoms with E-state index in [9.17, 15) is 4.79 Å². The maximum atomic E-state index is 11.2. The van der Waals surface area contributed by atoms with E-state index >= 15 is 0 Å².